The van der Waals surface area contributed by atoms with Gasteiger partial charge in [0, 0.05) is 18.3 Å². The molecule has 5 rings (SSSR count). The van der Waals surface area contributed by atoms with Gasteiger partial charge in [0.2, 0.25) is 0 Å². The monoisotopic (exact) mass is 479 g/mol. The Kier molecular flexibility index (Phi) is 7.33. The van der Waals surface area contributed by atoms with Crippen LogP contribution in [0, 0.1) is 0 Å². The van der Waals surface area contributed by atoms with E-state index in [1.807, 2.05) is 18.3 Å². The van der Waals surface area contributed by atoms with Crippen LogP contribution < -0.4 is 10.6 Å². The molecule has 0 spiro atoms. The Balaban J connectivity index is 0.00000289. The van der Waals surface area contributed by atoms with Crippen molar-refractivity contribution in [3.63, 3.8) is 0 Å². The molecule has 1 saturated carbocycles. The van der Waals surface area contributed by atoms with Gasteiger partial charge in [-0.15, -0.1) is 0 Å². The predicted molar refractivity (Wildman–Crippen MR) is 145 cm³/mol. The Bertz CT molecular complexity index is 1230. The van der Waals surface area contributed by atoms with Gasteiger partial charge in [-0.25, -0.2) is 9.78 Å². The second-order valence-electron chi connectivity index (χ2n) is 10.8. The van der Waals surface area contributed by atoms with Crippen LogP contribution in [0.3, 0.4) is 0 Å². The van der Waals surface area contributed by atoms with Gasteiger partial charge in [0.15, 0.2) is 5.82 Å². The number of nitrogens with two attached hydrogens (primary N) is 1. The van der Waals surface area contributed by atoms with Gasteiger partial charge in [0.1, 0.15) is 6.04 Å². The summed E-state index contributed by atoms with van der Waals surface area (Å²) in [4.78, 5) is 18.7. The Hall–Kier alpha value is -2.34. The van der Waals surface area contributed by atoms with Gasteiger partial charge in [-0.05, 0) is 70.2 Å². The predicted octanol–water partition coefficient (Wildman–Crippen LogP) is 5.78. The molecule has 1 aliphatic carbocycles. The van der Waals surface area contributed by atoms with Gasteiger partial charge in [-0.1, -0.05) is 63.9 Å². The average molecular weight is 480 g/mol. The molecule has 6 heteroatoms. The summed E-state index contributed by atoms with van der Waals surface area (Å²) >= 11 is 0. The van der Waals surface area contributed by atoms with E-state index in [0.29, 0.717) is 23.8 Å². The molecule has 2 aromatic carbocycles. The molecule has 2 heterocycles. The number of hydrogen-bond acceptors (Lipinski definition) is 4. The minimum absolute atomic E-state index is 0. The van der Waals surface area contributed by atoms with Crippen LogP contribution in [0.25, 0.3) is 11.1 Å². The van der Waals surface area contributed by atoms with Crippen molar-refractivity contribution in [2.45, 2.75) is 70.3 Å². The maximum absolute atomic E-state index is 12.2. The van der Waals surface area contributed by atoms with Crippen molar-refractivity contribution in [1.29, 1.82) is 0 Å². The number of anilines is 3. The number of carboxylic acid groups (broad SMARTS) is 1. The van der Waals surface area contributed by atoms with Crippen LogP contribution in [0.5, 0.6) is 0 Å². The van der Waals surface area contributed by atoms with Crippen LogP contribution in [0.4, 0.5) is 17.2 Å². The average Bonchev–Trinajstić information content (AvgIpc) is 3.46. The van der Waals surface area contributed by atoms with E-state index in [1.54, 1.807) is 4.90 Å². The first-order chi connectivity index (χ1) is 16.2. The molecule has 35 heavy (non-hydrogen) atoms. The van der Waals surface area contributed by atoms with Crippen LogP contribution in [0.15, 0.2) is 54.7 Å². The van der Waals surface area contributed by atoms with Crippen LogP contribution in [-0.4, -0.2) is 51.7 Å². The van der Waals surface area contributed by atoms with Gasteiger partial charge < -0.3 is 15.7 Å². The second kappa shape index (κ2) is 9.96. The number of nitrogen functional groups attached to an aromatic ring is 1. The van der Waals surface area contributed by atoms with Gasteiger partial charge in [0.25, 0.3) is 0 Å². The molecule has 1 fully saturated rings. The molecule has 0 radical (unpaired) electrons. The quantitative estimate of drug-likeness (QED) is 0.464. The van der Waals surface area contributed by atoms with Crippen molar-refractivity contribution in [3.05, 3.63) is 71.4 Å². The fraction of sp³-hybridized carbons (Fsp3) is 0.379. The van der Waals surface area contributed by atoms with Crippen LogP contribution in [0.1, 0.15) is 69.1 Å². The molecule has 5 nitrogen and oxygen atoms in total. The van der Waals surface area contributed by atoms with E-state index in [4.69, 9.17) is 5.73 Å². The molecule has 0 saturated heterocycles. The van der Waals surface area contributed by atoms with Crippen molar-refractivity contribution in [3.8, 4) is 11.1 Å². The first kappa shape index (κ1) is 25.7. The van der Waals surface area contributed by atoms with E-state index < -0.39 is 12.0 Å². The molecule has 2 aliphatic rings. The molecular weight excluding hydrogens is 445 g/mol. The van der Waals surface area contributed by atoms with Crippen molar-refractivity contribution in [2.75, 3.05) is 10.6 Å². The molecule has 178 valence electrons. The molecule has 0 amide bonds. The Morgan fingerprint density at radius 3 is 2.29 bits per heavy atom. The van der Waals surface area contributed by atoms with Crippen molar-refractivity contribution in [2.24, 2.45) is 0 Å². The number of nitrogens with zero attached hydrogens (tertiary/aromatic N) is 2. The van der Waals surface area contributed by atoms with Gasteiger partial charge in [0.05, 0.1) is 5.69 Å². The summed E-state index contributed by atoms with van der Waals surface area (Å²) in [6.07, 6.45) is 7.14. The number of fused-ring (bicyclic) bond motifs is 1. The first-order valence-corrected chi connectivity index (χ1v) is 12.2. The number of aliphatic carboxylic acids is 1. The normalized spacial score (nSPS) is 17.8. The van der Waals surface area contributed by atoms with Crippen LogP contribution in [-0.2, 0) is 16.6 Å². The third-order valence-corrected chi connectivity index (χ3v) is 7.40. The summed E-state index contributed by atoms with van der Waals surface area (Å²) < 4.78 is 0. The van der Waals surface area contributed by atoms with E-state index in [2.05, 4.69) is 62.2 Å². The van der Waals surface area contributed by atoms with Crippen LogP contribution >= 0.6 is 0 Å². The van der Waals surface area contributed by atoms with Gasteiger partial charge in [-0.2, -0.15) is 0 Å². The Morgan fingerprint density at radius 1 is 1.03 bits per heavy atom. The molecule has 3 N–H and O–H groups in total. The SMILES string of the molecule is CC(C)(C)c1ccc(-c2ccc3c(c2)CC(C(=O)O)N3c2ncc(C3CCCC3)cc2N)cc1.[NaH]. The third kappa shape index (κ3) is 5.00. The number of pyridine rings is 1. The zero-order valence-electron chi connectivity index (χ0n) is 20.2. The van der Waals surface area contributed by atoms with Crippen molar-refractivity contribution < 1.29 is 9.90 Å². The topological polar surface area (TPSA) is 79.5 Å². The van der Waals surface area contributed by atoms with Crippen molar-refractivity contribution in [1.82, 2.24) is 4.98 Å². The second-order valence-corrected chi connectivity index (χ2v) is 10.8. The standard InChI is InChI=1S/C29H33N3O2.Na.H/c1-29(2,3)23-11-8-19(9-12-23)20-10-13-25-21(14-20)16-26(28(33)34)32(25)27-24(30)15-22(17-31-27)18-6-4-5-7-18;;/h8-15,17-18,26H,4-7,16,30H2,1-3H3,(H,33,34);;. The molecular formula is C29H34N3NaO2. The summed E-state index contributed by atoms with van der Waals surface area (Å²) in [6.45, 7) is 6.62. The summed E-state index contributed by atoms with van der Waals surface area (Å²) in [5.74, 6) is 0.181. The molecule has 1 aromatic heterocycles. The number of hydrogen-bond donors (Lipinski definition) is 2. The number of rotatable bonds is 4. The summed E-state index contributed by atoms with van der Waals surface area (Å²) in [6, 6.07) is 16.1. The Morgan fingerprint density at radius 2 is 1.69 bits per heavy atom. The number of carboxylic acids is 1. The summed E-state index contributed by atoms with van der Waals surface area (Å²) in [5, 5.41) is 10.0. The molecule has 3 aromatic rings. The summed E-state index contributed by atoms with van der Waals surface area (Å²) in [7, 11) is 0. The van der Waals surface area contributed by atoms with Crippen LogP contribution in [0.2, 0.25) is 0 Å². The zero-order chi connectivity index (χ0) is 24.0. The summed E-state index contributed by atoms with van der Waals surface area (Å²) in [5.41, 5.74) is 13.7. The van der Waals surface area contributed by atoms with E-state index in [9.17, 15) is 9.90 Å². The molecule has 1 unspecified atom stereocenters. The fourth-order valence-electron chi connectivity index (χ4n) is 5.43. The van der Waals surface area contributed by atoms with Crippen molar-refractivity contribution >= 4 is 52.7 Å². The molecule has 0 bridgehead atoms. The number of aromatic nitrogens is 1. The van der Waals surface area contributed by atoms with Gasteiger partial charge >= 0.3 is 35.5 Å². The van der Waals surface area contributed by atoms with E-state index >= 15 is 0 Å². The van der Waals surface area contributed by atoms with E-state index in [0.717, 1.165) is 22.4 Å². The number of carbonyl (C=O) groups is 1. The Labute approximate surface area is 230 Å². The first-order valence-electron chi connectivity index (χ1n) is 12.2. The maximum atomic E-state index is 12.2. The minimum atomic E-state index is -0.867. The van der Waals surface area contributed by atoms with E-state index in [1.165, 1.54) is 36.8 Å². The fourth-order valence-corrected chi connectivity index (χ4v) is 5.43. The number of benzene rings is 2. The third-order valence-electron chi connectivity index (χ3n) is 7.40. The molecule has 1 atom stereocenters. The van der Waals surface area contributed by atoms with E-state index in [-0.39, 0.29) is 35.0 Å². The van der Waals surface area contributed by atoms with Gasteiger partial charge in [-0.3, -0.25) is 0 Å². The molecule has 1 aliphatic heterocycles. The zero-order valence-corrected chi connectivity index (χ0v) is 20.2.